The minimum absolute atomic E-state index is 0.0124. The first-order chi connectivity index (χ1) is 16.0. The van der Waals surface area contributed by atoms with Crippen molar-refractivity contribution in [2.24, 2.45) is 0 Å². The van der Waals surface area contributed by atoms with Gasteiger partial charge in [0.15, 0.2) is 5.82 Å². The van der Waals surface area contributed by atoms with Gasteiger partial charge < -0.3 is 15.7 Å². The first-order valence-electron chi connectivity index (χ1n) is 10.9. The third-order valence-electron chi connectivity index (χ3n) is 6.01. The van der Waals surface area contributed by atoms with E-state index in [9.17, 15) is 9.90 Å². The zero-order valence-electron chi connectivity index (χ0n) is 18.0. The van der Waals surface area contributed by atoms with Gasteiger partial charge in [0.2, 0.25) is 0 Å². The molecule has 1 saturated carbocycles. The average molecular weight is 483 g/mol. The van der Waals surface area contributed by atoms with E-state index < -0.39 is 0 Å². The number of benzene rings is 1. The number of nitrogens with zero attached hydrogens (tertiary/aromatic N) is 4. The second-order valence-corrected chi connectivity index (χ2v) is 9.55. The summed E-state index contributed by atoms with van der Waals surface area (Å²) in [7, 11) is 0. The Kier molecular flexibility index (Phi) is 6.09. The van der Waals surface area contributed by atoms with Gasteiger partial charge in [-0.1, -0.05) is 23.7 Å². The van der Waals surface area contributed by atoms with Gasteiger partial charge >= 0.3 is 0 Å². The second-order valence-electron chi connectivity index (χ2n) is 8.31. The van der Waals surface area contributed by atoms with E-state index >= 15 is 0 Å². The Morgan fingerprint density at radius 2 is 2.03 bits per heavy atom. The van der Waals surface area contributed by atoms with Crippen molar-refractivity contribution in [1.82, 2.24) is 25.3 Å². The molecule has 1 unspecified atom stereocenters. The van der Waals surface area contributed by atoms with Crippen LogP contribution in [-0.4, -0.2) is 43.1 Å². The van der Waals surface area contributed by atoms with Gasteiger partial charge in [0, 0.05) is 11.4 Å². The van der Waals surface area contributed by atoms with Crippen LogP contribution in [0.1, 0.15) is 54.8 Å². The van der Waals surface area contributed by atoms with Gasteiger partial charge in [0.05, 0.1) is 28.4 Å². The minimum atomic E-state index is -0.284. The number of fused-ring (bicyclic) bond motifs is 2. The molecule has 0 aliphatic heterocycles. The summed E-state index contributed by atoms with van der Waals surface area (Å²) in [4.78, 5) is 31.8. The highest BCUT2D eigenvalue weighted by atomic mass is 35.5. The number of amides is 1. The van der Waals surface area contributed by atoms with Gasteiger partial charge in [-0.25, -0.2) is 19.9 Å². The molecule has 4 aromatic rings. The molecule has 1 aliphatic rings. The SMILES string of the molecule is CC(Nc1ncnc2scnc12)c1cc2cccc(Cl)c2c(C(=O)NC2CCC(O)CC2)n1. The highest BCUT2D eigenvalue weighted by Crippen LogP contribution is 2.30. The molecule has 33 heavy (non-hydrogen) atoms. The van der Waals surface area contributed by atoms with Crippen molar-refractivity contribution in [3.63, 3.8) is 0 Å². The summed E-state index contributed by atoms with van der Waals surface area (Å²) >= 11 is 7.94. The van der Waals surface area contributed by atoms with Crippen molar-refractivity contribution < 1.29 is 9.90 Å². The molecular weight excluding hydrogens is 460 g/mol. The number of pyridine rings is 1. The lowest BCUT2D eigenvalue weighted by molar-refractivity contribution is 0.0864. The maximum absolute atomic E-state index is 13.3. The monoisotopic (exact) mass is 482 g/mol. The fourth-order valence-corrected chi connectivity index (χ4v) is 5.12. The fourth-order valence-electron chi connectivity index (χ4n) is 4.23. The molecule has 0 radical (unpaired) electrons. The number of nitrogens with one attached hydrogen (secondary N) is 2. The van der Waals surface area contributed by atoms with Gasteiger partial charge in [0.1, 0.15) is 22.4 Å². The maximum atomic E-state index is 13.3. The van der Waals surface area contributed by atoms with Gasteiger partial charge in [-0.05, 0) is 50.1 Å². The van der Waals surface area contributed by atoms with Crippen molar-refractivity contribution >= 4 is 55.8 Å². The number of carbonyl (C=O) groups is 1. The largest absolute Gasteiger partial charge is 0.393 e. The van der Waals surface area contributed by atoms with E-state index in [1.54, 1.807) is 11.6 Å². The van der Waals surface area contributed by atoms with Crippen LogP contribution < -0.4 is 10.6 Å². The predicted octanol–water partition coefficient (Wildman–Crippen LogP) is 4.49. The molecule has 5 rings (SSSR count). The molecule has 0 saturated heterocycles. The standard InChI is InChI=1S/C23H23ClN6O2S/c1-12(28-21-20-23(26-10-25-21)33-11-27-20)17-9-13-3-2-4-16(24)18(13)19(30-17)22(32)29-14-5-7-15(31)8-6-14/h2-4,9-12,14-15,31H,5-8H2,1H3,(H,29,32)(H,25,26,28). The Balaban J connectivity index is 1.48. The molecule has 8 nitrogen and oxygen atoms in total. The third kappa shape index (κ3) is 4.48. The summed E-state index contributed by atoms with van der Waals surface area (Å²) < 4.78 is 0. The van der Waals surface area contributed by atoms with E-state index in [2.05, 4.69) is 25.6 Å². The Labute approximate surface area is 199 Å². The molecule has 1 fully saturated rings. The van der Waals surface area contributed by atoms with Crippen LogP contribution in [0.25, 0.3) is 21.1 Å². The first kappa shape index (κ1) is 21.9. The number of anilines is 1. The van der Waals surface area contributed by atoms with Crippen LogP contribution in [-0.2, 0) is 0 Å². The van der Waals surface area contributed by atoms with Crippen LogP contribution in [0, 0.1) is 0 Å². The van der Waals surface area contributed by atoms with Gasteiger partial charge in [-0.3, -0.25) is 4.79 Å². The Morgan fingerprint density at radius 3 is 2.85 bits per heavy atom. The summed E-state index contributed by atoms with van der Waals surface area (Å²) in [5.74, 6) is 0.362. The minimum Gasteiger partial charge on any atom is -0.393 e. The number of carbonyl (C=O) groups excluding carboxylic acids is 1. The lowest BCUT2D eigenvalue weighted by atomic mass is 9.93. The molecule has 1 aromatic carbocycles. The number of aliphatic hydroxyl groups excluding tert-OH is 1. The predicted molar refractivity (Wildman–Crippen MR) is 130 cm³/mol. The van der Waals surface area contributed by atoms with Gasteiger partial charge in [-0.15, -0.1) is 11.3 Å². The number of hydrogen-bond donors (Lipinski definition) is 3. The first-order valence-corrected chi connectivity index (χ1v) is 12.1. The van der Waals surface area contributed by atoms with Crippen molar-refractivity contribution in [2.75, 3.05) is 5.32 Å². The van der Waals surface area contributed by atoms with Crippen molar-refractivity contribution in [1.29, 1.82) is 0 Å². The van der Waals surface area contributed by atoms with Crippen molar-refractivity contribution in [2.45, 2.75) is 50.8 Å². The quantitative estimate of drug-likeness (QED) is 0.384. The molecular formula is C23H23ClN6O2S. The molecule has 1 amide bonds. The smallest absolute Gasteiger partial charge is 0.270 e. The Hall–Kier alpha value is -2.88. The van der Waals surface area contributed by atoms with Crippen molar-refractivity contribution in [3.05, 3.63) is 52.5 Å². The topological polar surface area (TPSA) is 113 Å². The molecule has 3 N–H and O–H groups in total. The van der Waals surface area contributed by atoms with Crippen LogP contribution in [0.3, 0.4) is 0 Å². The van der Waals surface area contributed by atoms with Gasteiger partial charge in [-0.2, -0.15) is 0 Å². The number of aliphatic hydroxyl groups is 1. The fraction of sp³-hybridized carbons (Fsp3) is 0.348. The zero-order chi connectivity index (χ0) is 22.9. The number of thiazole rings is 1. The number of aromatic nitrogens is 4. The lowest BCUT2D eigenvalue weighted by Crippen LogP contribution is -2.39. The van der Waals surface area contributed by atoms with E-state index in [4.69, 9.17) is 16.6 Å². The van der Waals surface area contributed by atoms with E-state index in [1.165, 1.54) is 17.7 Å². The summed E-state index contributed by atoms with van der Waals surface area (Å²) in [6.45, 7) is 1.96. The van der Waals surface area contributed by atoms with Crippen molar-refractivity contribution in [3.8, 4) is 0 Å². The van der Waals surface area contributed by atoms with Gasteiger partial charge in [0.25, 0.3) is 5.91 Å². The number of hydrogen-bond acceptors (Lipinski definition) is 8. The average Bonchev–Trinajstić information content (AvgIpc) is 3.30. The highest BCUT2D eigenvalue weighted by Gasteiger charge is 2.24. The molecule has 3 aromatic heterocycles. The van der Waals surface area contributed by atoms with Crippen LogP contribution in [0.2, 0.25) is 5.02 Å². The van der Waals surface area contributed by atoms with Crippen LogP contribution in [0.4, 0.5) is 5.82 Å². The number of rotatable bonds is 5. The summed E-state index contributed by atoms with van der Waals surface area (Å²) in [6, 6.07) is 7.26. The normalized spacial score (nSPS) is 19.5. The van der Waals surface area contributed by atoms with Crippen LogP contribution in [0.5, 0.6) is 0 Å². The van der Waals surface area contributed by atoms with E-state index in [0.717, 1.165) is 23.1 Å². The Bertz CT molecular complexity index is 1320. The Morgan fingerprint density at radius 1 is 1.21 bits per heavy atom. The highest BCUT2D eigenvalue weighted by molar-refractivity contribution is 7.16. The molecule has 0 spiro atoms. The molecule has 0 bridgehead atoms. The molecule has 170 valence electrons. The van der Waals surface area contributed by atoms with E-state index in [0.29, 0.717) is 46.0 Å². The molecule has 1 atom stereocenters. The van der Waals surface area contributed by atoms with Crippen LogP contribution in [0.15, 0.2) is 36.1 Å². The zero-order valence-corrected chi connectivity index (χ0v) is 19.5. The summed E-state index contributed by atoms with van der Waals surface area (Å²) in [5, 5.41) is 18.2. The molecule has 1 aliphatic carbocycles. The number of halogens is 1. The van der Waals surface area contributed by atoms with E-state index in [1.807, 2.05) is 25.1 Å². The molecule has 3 heterocycles. The van der Waals surface area contributed by atoms with E-state index in [-0.39, 0.29) is 24.1 Å². The molecule has 10 heteroatoms. The second kappa shape index (κ2) is 9.17. The summed E-state index contributed by atoms with van der Waals surface area (Å²) in [6.07, 6.45) is 4.08. The maximum Gasteiger partial charge on any atom is 0.270 e. The summed E-state index contributed by atoms with van der Waals surface area (Å²) in [5.41, 5.74) is 3.43. The third-order valence-corrected chi connectivity index (χ3v) is 7.05. The lowest BCUT2D eigenvalue weighted by Gasteiger charge is -2.26. The van der Waals surface area contributed by atoms with Crippen LogP contribution >= 0.6 is 22.9 Å².